The second-order valence-corrected chi connectivity index (χ2v) is 4.25. The summed E-state index contributed by atoms with van der Waals surface area (Å²) in [5, 5.41) is 13.8. The lowest BCUT2D eigenvalue weighted by molar-refractivity contribution is 0.191. The number of aliphatic hydroxyl groups is 1. The Kier molecular flexibility index (Phi) is 4.02. The number of hydrogen-bond donors (Lipinski definition) is 2. The molecule has 0 aliphatic carbocycles. The number of hydrogen-bond acceptors (Lipinski definition) is 2. The molecule has 3 heteroatoms. The summed E-state index contributed by atoms with van der Waals surface area (Å²) in [6.45, 7) is 0.478. The summed E-state index contributed by atoms with van der Waals surface area (Å²) in [6.07, 6.45) is -0.508. The van der Waals surface area contributed by atoms with Crippen molar-refractivity contribution in [2.45, 2.75) is 6.10 Å². The van der Waals surface area contributed by atoms with E-state index in [1.54, 1.807) is 0 Å². The molecule has 2 rings (SSSR count). The van der Waals surface area contributed by atoms with Crippen molar-refractivity contribution in [3.8, 4) is 0 Å². The highest BCUT2D eigenvalue weighted by atomic mass is 35.5. The van der Waals surface area contributed by atoms with Crippen LogP contribution in [0.4, 0.5) is 5.69 Å². The van der Waals surface area contributed by atoms with Gasteiger partial charge in [0.1, 0.15) is 0 Å². The van der Waals surface area contributed by atoms with Crippen LogP contribution in [0.15, 0.2) is 54.6 Å². The maximum absolute atomic E-state index is 9.95. The Morgan fingerprint density at radius 3 is 2.29 bits per heavy atom. The molecular formula is C14H14ClNO. The fraction of sp³-hybridized carbons (Fsp3) is 0.143. The monoisotopic (exact) mass is 247 g/mol. The largest absolute Gasteiger partial charge is 0.387 e. The van der Waals surface area contributed by atoms with Crippen molar-refractivity contribution in [1.29, 1.82) is 0 Å². The Morgan fingerprint density at radius 1 is 1.00 bits per heavy atom. The van der Waals surface area contributed by atoms with E-state index < -0.39 is 6.10 Å². The molecule has 0 fully saturated rings. The van der Waals surface area contributed by atoms with Gasteiger partial charge in [-0.1, -0.05) is 41.9 Å². The first-order valence-corrected chi connectivity index (χ1v) is 5.86. The van der Waals surface area contributed by atoms with E-state index in [1.165, 1.54) is 0 Å². The SMILES string of the molecule is OC(CNc1ccc(Cl)cc1)c1ccccc1. The van der Waals surface area contributed by atoms with E-state index in [-0.39, 0.29) is 0 Å². The van der Waals surface area contributed by atoms with Gasteiger partial charge >= 0.3 is 0 Å². The van der Waals surface area contributed by atoms with Gasteiger partial charge in [0, 0.05) is 17.3 Å². The standard InChI is InChI=1S/C14H14ClNO/c15-12-6-8-13(9-7-12)16-10-14(17)11-4-2-1-3-5-11/h1-9,14,16-17H,10H2. The molecule has 2 nitrogen and oxygen atoms in total. The molecule has 0 saturated heterocycles. The van der Waals surface area contributed by atoms with Gasteiger partial charge in [0.15, 0.2) is 0 Å². The summed E-state index contributed by atoms with van der Waals surface area (Å²) < 4.78 is 0. The van der Waals surface area contributed by atoms with Crippen molar-refractivity contribution in [2.75, 3.05) is 11.9 Å². The normalized spacial score (nSPS) is 12.1. The smallest absolute Gasteiger partial charge is 0.0962 e. The zero-order valence-corrected chi connectivity index (χ0v) is 10.1. The van der Waals surface area contributed by atoms with Crippen molar-refractivity contribution in [3.05, 3.63) is 65.2 Å². The van der Waals surface area contributed by atoms with Crippen LogP contribution in [0, 0.1) is 0 Å². The van der Waals surface area contributed by atoms with Gasteiger partial charge in [0.2, 0.25) is 0 Å². The first kappa shape index (κ1) is 12.0. The highest BCUT2D eigenvalue weighted by Gasteiger charge is 2.05. The Balaban J connectivity index is 1.92. The van der Waals surface area contributed by atoms with Crippen molar-refractivity contribution in [1.82, 2.24) is 0 Å². The van der Waals surface area contributed by atoms with Gasteiger partial charge in [-0.15, -0.1) is 0 Å². The summed E-state index contributed by atoms with van der Waals surface area (Å²) in [7, 11) is 0. The zero-order chi connectivity index (χ0) is 12.1. The molecule has 0 aromatic heterocycles. The summed E-state index contributed by atoms with van der Waals surface area (Å²) in [5.74, 6) is 0. The van der Waals surface area contributed by atoms with Gasteiger partial charge in [-0.05, 0) is 29.8 Å². The van der Waals surface area contributed by atoms with E-state index >= 15 is 0 Å². The summed E-state index contributed by atoms with van der Waals surface area (Å²) in [5.41, 5.74) is 1.86. The molecule has 0 saturated carbocycles. The van der Waals surface area contributed by atoms with Gasteiger partial charge < -0.3 is 10.4 Å². The predicted molar refractivity (Wildman–Crippen MR) is 71.3 cm³/mol. The third-order valence-electron chi connectivity index (χ3n) is 2.53. The lowest BCUT2D eigenvalue weighted by atomic mass is 10.1. The molecule has 0 radical (unpaired) electrons. The molecule has 0 bridgehead atoms. The number of anilines is 1. The van der Waals surface area contributed by atoms with Crippen LogP contribution in [0.1, 0.15) is 11.7 Å². The summed E-state index contributed by atoms with van der Waals surface area (Å²) in [6, 6.07) is 17.0. The number of benzene rings is 2. The van der Waals surface area contributed by atoms with Gasteiger partial charge in [-0.25, -0.2) is 0 Å². The van der Waals surface area contributed by atoms with Crippen LogP contribution >= 0.6 is 11.6 Å². The number of nitrogens with one attached hydrogen (secondary N) is 1. The Labute approximate surface area is 106 Å². The number of halogens is 1. The van der Waals surface area contributed by atoms with E-state index in [1.807, 2.05) is 54.6 Å². The van der Waals surface area contributed by atoms with Gasteiger partial charge in [0.25, 0.3) is 0 Å². The van der Waals surface area contributed by atoms with Crippen molar-refractivity contribution in [3.63, 3.8) is 0 Å². The summed E-state index contributed by atoms with van der Waals surface area (Å²) >= 11 is 5.79. The quantitative estimate of drug-likeness (QED) is 0.867. The highest BCUT2D eigenvalue weighted by Crippen LogP contribution is 2.16. The first-order chi connectivity index (χ1) is 8.25. The van der Waals surface area contributed by atoms with Crippen molar-refractivity contribution < 1.29 is 5.11 Å². The second kappa shape index (κ2) is 5.71. The molecule has 2 aromatic rings. The van der Waals surface area contributed by atoms with E-state index in [0.717, 1.165) is 11.3 Å². The van der Waals surface area contributed by atoms with Crippen molar-refractivity contribution >= 4 is 17.3 Å². The third kappa shape index (κ3) is 3.48. The van der Waals surface area contributed by atoms with Crippen LogP contribution in [-0.2, 0) is 0 Å². The Hall–Kier alpha value is -1.51. The molecule has 0 amide bonds. The highest BCUT2D eigenvalue weighted by molar-refractivity contribution is 6.30. The average Bonchev–Trinajstić information content (AvgIpc) is 2.39. The molecule has 1 atom stereocenters. The predicted octanol–water partition coefficient (Wildman–Crippen LogP) is 3.49. The minimum Gasteiger partial charge on any atom is -0.387 e. The van der Waals surface area contributed by atoms with Crippen molar-refractivity contribution in [2.24, 2.45) is 0 Å². The van der Waals surface area contributed by atoms with Gasteiger partial charge in [0.05, 0.1) is 6.10 Å². The Morgan fingerprint density at radius 2 is 1.65 bits per heavy atom. The van der Waals surface area contributed by atoms with E-state index in [2.05, 4.69) is 5.32 Å². The Bertz CT molecular complexity index is 455. The molecule has 1 unspecified atom stereocenters. The minimum absolute atomic E-state index is 0.478. The topological polar surface area (TPSA) is 32.3 Å². The van der Waals surface area contributed by atoms with Crippen LogP contribution in [0.3, 0.4) is 0 Å². The molecule has 0 heterocycles. The lowest BCUT2D eigenvalue weighted by Gasteiger charge is -2.13. The van der Waals surface area contributed by atoms with Gasteiger partial charge in [-0.2, -0.15) is 0 Å². The zero-order valence-electron chi connectivity index (χ0n) is 9.31. The molecule has 0 aliphatic heterocycles. The lowest BCUT2D eigenvalue weighted by Crippen LogP contribution is -2.11. The maximum atomic E-state index is 9.95. The van der Waals surface area contributed by atoms with Crippen LogP contribution < -0.4 is 5.32 Å². The van der Waals surface area contributed by atoms with E-state index in [9.17, 15) is 5.11 Å². The molecule has 2 N–H and O–H groups in total. The van der Waals surface area contributed by atoms with Crippen LogP contribution in [0.5, 0.6) is 0 Å². The number of aliphatic hydroxyl groups excluding tert-OH is 1. The van der Waals surface area contributed by atoms with E-state index in [0.29, 0.717) is 11.6 Å². The maximum Gasteiger partial charge on any atom is 0.0962 e. The first-order valence-electron chi connectivity index (χ1n) is 5.48. The fourth-order valence-corrected chi connectivity index (χ4v) is 1.70. The summed E-state index contributed by atoms with van der Waals surface area (Å²) in [4.78, 5) is 0. The average molecular weight is 248 g/mol. The molecular weight excluding hydrogens is 234 g/mol. The van der Waals surface area contributed by atoms with Crippen LogP contribution in [0.25, 0.3) is 0 Å². The molecule has 0 spiro atoms. The molecule has 2 aromatic carbocycles. The van der Waals surface area contributed by atoms with Crippen LogP contribution in [-0.4, -0.2) is 11.7 Å². The number of rotatable bonds is 4. The minimum atomic E-state index is -0.508. The van der Waals surface area contributed by atoms with Crippen LogP contribution in [0.2, 0.25) is 5.02 Å². The third-order valence-corrected chi connectivity index (χ3v) is 2.78. The molecule has 17 heavy (non-hydrogen) atoms. The van der Waals surface area contributed by atoms with E-state index in [4.69, 9.17) is 11.6 Å². The molecule has 88 valence electrons. The van der Waals surface area contributed by atoms with Gasteiger partial charge in [-0.3, -0.25) is 0 Å². The second-order valence-electron chi connectivity index (χ2n) is 3.81. The molecule has 0 aliphatic rings. The fourth-order valence-electron chi connectivity index (χ4n) is 1.58.